The van der Waals surface area contributed by atoms with E-state index in [4.69, 9.17) is 10.2 Å². The summed E-state index contributed by atoms with van der Waals surface area (Å²) in [5.41, 5.74) is 0. The number of aliphatic carboxylic acids is 1. The van der Waals surface area contributed by atoms with Crippen LogP contribution in [0.5, 0.6) is 0 Å². The second-order valence-electron chi connectivity index (χ2n) is 3.53. The van der Waals surface area contributed by atoms with Gasteiger partial charge in [-0.25, -0.2) is 9.59 Å². The van der Waals surface area contributed by atoms with Crippen molar-refractivity contribution in [3.05, 3.63) is 0 Å². The van der Waals surface area contributed by atoms with Crippen LogP contribution in [-0.4, -0.2) is 41.4 Å². The summed E-state index contributed by atoms with van der Waals surface area (Å²) >= 11 is 0. The number of hydrogen-bond donors (Lipinski definition) is 4. The van der Waals surface area contributed by atoms with Crippen molar-refractivity contribution in [2.24, 2.45) is 0 Å². The highest BCUT2D eigenvalue weighted by Crippen LogP contribution is 1.91. The number of urea groups is 1. The minimum Gasteiger partial charge on any atom is -0.479 e. The topological polar surface area (TPSA) is 98.7 Å². The van der Waals surface area contributed by atoms with Gasteiger partial charge in [0.2, 0.25) is 0 Å². The Hall–Kier alpha value is -1.30. The molecule has 0 aliphatic heterocycles. The van der Waals surface area contributed by atoms with Gasteiger partial charge in [0.25, 0.3) is 0 Å². The number of aliphatic hydroxyl groups excluding tert-OH is 1. The first-order valence-corrected chi connectivity index (χ1v) is 5.50. The van der Waals surface area contributed by atoms with Crippen molar-refractivity contribution in [1.82, 2.24) is 10.6 Å². The summed E-state index contributed by atoms with van der Waals surface area (Å²) in [6, 6.07) is -0.325. The van der Waals surface area contributed by atoms with Crippen LogP contribution >= 0.6 is 0 Å². The van der Waals surface area contributed by atoms with Gasteiger partial charge >= 0.3 is 12.0 Å². The second kappa shape index (κ2) is 8.96. The van der Waals surface area contributed by atoms with Crippen LogP contribution in [0.15, 0.2) is 0 Å². The third kappa shape index (κ3) is 8.05. The van der Waals surface area contributed by atoms with Crippen LogP contribution in [0.2, 0.25) is 0 Å². The fourth-order valence-corrected chi connectivity index (χ4v) is 1.09. The summed E-state index contributed by atoms with van der Waals surface area (Å²) < 4.78 is 0. The molecule has 0 spiro atoms. The third-order valence-corrected chi connectivity index (χ3v) is 2.05. The van der Waals surface area contributed by atoms with Crippen molar-refractivity contribution in [2.75, 3.05) is 13.1 Å². The van der Waals surface area contributed by atoms with Gasteiger partial charge in [0.1, 0.15) is 0 Å². The highest BCUT2D eigenvalue weighted by molar-refractivity contribution is 5.74. The van der Waals surface area contributed by atoms with Gasteiger partial charge in [-0.1, -0.05) is 19.8 Å². The van der Waals surface area contributed by atoms with Gasteiger partial charge in [-0.15, -0.1) is 0 Å². The zero-order valence-corrected chi connectivity index (χ0v) is 9.53. The van der Waals surface area contributed by atoms with Crippen LogP contribution in [0, 0.1) is 0 Å². The average Bonchev–Trinajstić information content (AvgIpc) is 2.24. The van der Waals surface area contributed by atoms with Crippen molar-refractivity contribution in [2.45, 2.75) is 38.7 Å². The number of unbranched alkanes of at least 4 members (excludes halogenated alkanes) is 2. The molecule has 94 valence electrons. The average molecular weight is 232 g/mol. The van der Waals surface area contributed by atoms with E-state index in [1.165, 1.54) is 0 Å². The van der Waals surface area contributed by atoms with E-state index in [-0.39, 0.29) is 19.0 Å². The van der Waals surface area contributed by atoms with Crippen LogP contribution in [0.3, 0.4) is 0 Å². The molecule has 0 aromatic carbocycles. The number of carbonyl (C=O) groups is 2. The van der Waals surface area contributed by atoms with Crippen molar-refractivity contribution < 1.29 is 19.8 Å². The molecule has 4 N–H and O–H groups in total. The molecule has 0 aliphatic carbocycles. The van der Waals surface area contributed by atoms with Gasteiger partial charge in [0.05, 0.1) is 0 Å². The SMILES string of the molecule is CCCCCNC(=O)NCC[C@H](O)C(=O)O. The Labute approximate surface area is 95.0 Å². The van der Waals surface area contributed by atoms with Crippen molar-refractivity contribution in [1.29, 1.82) is 0 Å². The number of carbonyl (C=O) groups excluding carboxylic acids is 1. The van der Waals surface area contributed by atoms with Gasteiger partial charge in [-0.2, -0.15) is 0 Å². The van der Waals surface area contributed by atoms with Gasteiger partial charge in [0.15, 0.2) is 6.10 Å². The Balaban J connectivity index is 3.40. The van der Waals surface area contributed by atoms with E-state index >= 15 is 0 Å². The molecule has 2 amide bonds. The molecular weight excluding hydrogens is 212 g/mol. The van der Waals surface area contributed by atoms with E-state index in [2.05, 4.69) is 17.6 Å². The maximum Gasteiger partial charge on any atom is 0.332 e. The first kappa shape index (κ1) is 14.7. The summed E-state index contributed by atoms with van der Waals surface area (Å²) in [5.74, 6) is -1.27. The lowest BCUT2D eigenvalue weighted by Crippen LogP contribution is -2.38. The minimum absolute atomic E-state index is 0.0116. The molecule has 0 heterocycles. The van der Waals surface area contributed by atoms with Gasteiger partial charge in [0, 0.05) is 19.5 Å². The lowest BCUT2D eigenvalue weighted by molar-refractivity contribution is -0.146. The molecule has 0 bridgehead atoms. The van der Waals surface area contributed by atoms with Crippen LogP contribution in [0.25, 0.3) is 0 Å². The van der Waals surface area contributed by atoms with E-state index in [1.54, 1.807) is 0 Å². The first-order valence-electron chi connectivity index (χ1n) is 5.50. The lowest BCUT2D eigenvalue weighted by Gasteiger charge is -2.08. The molecule has 1 atom stereocenters. The molecule has 0 fully saturated rings. The number of aliphatic hydroxyl groups is 1. The molecule has 0 aromatic rings. The van der Waals surface area contributed by atoms with Crippen LogP contribution in [0.4, 0.5) is 4.79 Å². The predicted octanol–water partition coefficient (Wildman–Crippen LogP) is 0.311. The van der Waals surface area contributed by atoms with Crippen molar-refractivity contribution >= 4 is 12.0 Å². The number of rotatable bonds is 8. The molecule has 0 rings (SSSR count). The molecule has 6 heteroatoms. The number of carboxylic acid groups (broad SMARTS) is 1. The summed E-state index contributed by atoms with van der Waals surface area (Å²) in [5, 5.41) is 22.4. The standard InChI is InChI=1S/C10H20N2O4/c1-2-3-4-6-11-10(16)12-7-5-8(13)9(14)15/h8,13H,2-7H2,1H3,(H,14,15)(H2,11,12,16)/t8-/m0/s1. The van der Waals surface area contributed by atoms with Crippen molar-refractivity contribution in [3.63, 3.8) is 0 Å². The minimum atomic E-state index is -1.42. The van der Waals surface area contributed by atoms with E-state index in [0.29, 0.717) is 6.54 Å². The lowest BCUT2D eigenvalue weighted by atomic mass is 10.2. The van der Waals surface area contributed by atoms with Crippen LogP contribution in [0.1, 0.15) is 32.6 Å². The van der Waals surface area contributed by atoms with Gasteiger partial charge < -0.3 is 20.8 Å². The Bertz CT molecular complexity index is 221. The predicted molar refractivity (Wildman–Crippen MR) is 59.2 cm³/mol. The van der Waals surface area contributed by atoms with Crippen LogP contribution in [-0.2, 0) is 4.79 Å². The molecular formula is C10H20N2O4. The largest absolute Gasteiger partial charge is 0.479 e. The van der Waals surface area contributed by atoms with E-state index in [0.717, 1.165) is 19.3 Å². The number of carboxylic acids is 1. The molecule has 0 aromatic heterocycles. The Morgan fingerprint density at radius 2 is 1.81 bits per heavy atom. The molecule has 0 unspecified atom stereocenters. The summed E-state index contributed by atoms with van der Waals surface area (Å²) in [4.78, 5) is 21.3. The van der Waals surface area contributed by atoms with Crippen molar-refractivity contribution in [3.8, 4) is 0 Å². The van der Waals surface area contributed by atoms with E-state index < -0.39 is 12.1 Å². The van der Waals surface area contributed by atoms with Crippen LogP contribution < -0.4 is 10.6 Å². The smallest absolute Gasteiger partial charge is 0.332 e. The molecule has 0 radical (unpaired) electrons. The number of hydrogen-bond acceptors (Lipinski definition) is 3. The Kier molecular flexibility index (Phi) is 8.24. The highest BCUT2D eigenvalue weighted by atomic mass is 16.4. The maximum atomic E-state index is 11.1. The summed E-state index contributed by atoms with van der Waals surface area (Å²) in [6.45, 7) is 2.83. The van der Waals surface area contributed by atoms with E-state index in [1.807, 2.05) is 0 Å². The normalized spacial score (nSPS) is 11.9. The molecule has 6 nitrogen and oxygen atoms in total. The Morgan fingerprint density at radius 1 is 1.19 bits per heavy atom. The Morgan fingerprint density at radius 3 is 2.38 bits per heavy atom. The number of nitrogens with one attached hydrogen (secondary N) is 2. The molecule has 0 aliphatic rings. The van der Waals surface area contributed by atoms with E-state index in [9.17, 15) is 9.59 Å². The second-order valence-corrected chi connectivity index (χ2v) is 3.53. The first-order chi connectivity index (χ1) is 7.57. The fourth-order valence-electron chi connectivity index (χ4n) is 1.09. The zero-order valence-electron chi connectivity index (χ0n) is 9.53. The summed E-state index contributed by atoms with van der Waals surface area (Å²) in [7, 11) is 0. The summed E-state index contributed by atoms with van der Waals surface area (Å²) in [6.07, 6.45) is 1.69. The van der Waals surface area contributed by atoms with Gasteiger partial charge in [-0.05, 0) is 6.42 Å². The molecule has 16 heavy (non-hydrogen) atoms. The highest BCUT2D eigenvalue weighted by Gasteiger charge is 2.12. The third-order valence-electron chi connectivity index (χ3n) is 2.05. The molecule has 0 saturated heterocycles. The quantitative estimate of drug-likeness (QED) is 0.453. The van der Waals surface area contributed by atoms with Gasteiger partial charge in [-0.3, -0.25) is 0 Å². The zero-order chi connectivity index (χ0) is 12.4. The molecule has 0 saturated carbocycles. The monoisotopic (exact) mass is 232 g/mol. The fraction of sp³-hybridized carbons (Fsp3) is 0.800. The maximum absolute atomic E-state index is 11.1. The number of amides is 2.